The highest BCUT2D eigenvalue weighted by Crippen LogP contribution is 2.43. The van der Waals surface area contributed by atoms with Crippen LogP contribution in [-0.4, -0.2) is 196 Å². The van der Waals surface area contributed by atoms with Crippen molar-refractivity contribution in [1.82, 2.24) is 91.5 Å². The third-order valence-corrected chi connectivity index (χ3v) is 22.3. The molecule has 0 aliphatic carbocycles. The summed E-state index contributed by atoms with van der Waals surface area (Å²) in [5.41, 5.74) is 5.62. The summed E-state index contributed by atoms with van der Waals surface area (Å²) in [6.07, 6.45) is 14.5. The topological polar surface area (TPSA) is 557 Å². The van der Waals surface area contributed by atoms with Gasteiger partial charge in [-0.2, -0.15) is 0 Å². The molecule has 46 nitrogen and oxygen atoms in total. The van der Waals surface area contributed by atoms with E-state index in [0.29, 0.717) is 46.1 Å². The van der Waals surface area contributed by atoms with Gasteiger partial charge in [-0.1, -0.05) is 30.3 Å². The summed E-state index contributed by atoms with van der Waals surface area (Å²) in [4.78, 5) is 225. The number of carbonyl (C=O) groups is 15. The van der Waals surface area contributed by atoms with E-state index in [1.165, 1.54) is 149 Å². The molecule has 47 heteroatoms. The summed E-state index contributed by atoms with van der Waals surface area (Å²) in [6, 6.07) is 26.3. The lowest BCUT2D eigenvalue weighted by atomic mass is 9.96. The molecule has 14 aromatic rings. The predicted molar refractivity (Wildman–Crippen MR) is 502 cm³/mol. The molecule has 11 aromatic heterocycles. The first-order chi connectivity index (χ1) is 64.9. The van der Waals surface area contributed by atoms with Crippen LogP contribution in [0.15, 0.2) is 153 Å². The number of nitrogens with zero attached hydrogens (tertiary/aromatic N) is 16. The number of anilines is 12. The number of aromatic amines is 1. The quantitative estimate of drug-likeness (QED) is 0.0145. The van der Waals surface area contributed by atoms with Gasteiger partial charge in [-0.25, -0.2) is 24.9 Å². The third-order valence-electron chi connectivity index (χ3n) is 22.0. The molecule has 1 unspecified atom stereocenters. The van der Waals surface area contributed by atoms with E-state index in [1.807, 2.05) is 36.4 Å². The molecule has 136 heavy (non-hydrogen) atoms. The van der Waals surface area contributed by atoms with Gasteiger partial charge < -0.3 is 130 Å². The van der Waals surface area contributed by atoms with Gasteiger partial charge >= 0.3 is 0 Å². The van der Waals surface area contributed by atoms with Gasteiger partial charge in [0, 0.05) is 219 Å². The number of fused-ring (bicyclic) bond motifs is 4. The minimum absolute atomic E-state index is 0.0106. The molecular formula is C89H92ClN31O15. The normalized spacial score (nSPS) is 12.1. The smallest absolute Gasteiger partial charge is 0.292 e. The molecule has 12 heterocycles. The molecule has 1 aliphatic rings. The Bertz CT molecular complexity index is 7230. The molecule has 700 valence electrons. The average molecular weight is 1870 g/mol. The van der Waals surface area contributed by atoms with E-state index in [-0.39, 0.29) is 167 Å². The van der Waals surface area contributed by atoms with E-state index >= 15 is 0 Å². The van der Waals surface area contributed by atoms with Crippen LogP contribution in [0.3, 0.4) is 0 Å². The molecular weight excluding hydrogens is 1780 g/mol. The van der Waals surface area contributed by atoms with Crippen LogP contribution in [0.1, 0.15) is 160 Å². The Hall–Kier alpha value is -17.8. The minimum atomic E-state index is -0.739. The lowest BCUT2D eigenvalue weighted by Gasteiger charge is -2.17. The summed E-state index contributed by atoms with van der Waals surface area (Å²) in [6.45, 7) is 1.59. The fraction of sp³-hybridized carbons (Fsp3) is 0.236. The van der Waals surface area contributed by atoms with Gasteiger partial charge in [0.25, 0.3) is 65.0 Å². The molecule has 3 aromatic carbocycles. The molecule has 0 fully saturated rings. The second kappa shape index (κ2) is 39.1. The largest absolute Gasteiger partial charge is 0.351 e. The maximum atomic E-state index is 14.1. The standard InChI is InChI=1S/C89H92ClN31O15/c1-46(122)94-65-41-118(9)76(103-65)86(133)99-54-31-60(111(2)39-54)79(126)92-25-23-72(125)102-66-42-119(10)78(104-66)88(135)110-69-45-120(11)77(107-69)87(134)100-55-33-64(115(6)40-55)83(130)109-67-43-116(7)74(105-67)84(131)91-24-14-17-70(123)95-51-30-63(113(4)36-51)82(129)108-68-44-117(8)75(106-68)85(132)93-26-22-71(124)96-52-29-61(112(3)37-52)81(128)98-53-32-62(114(5)38-53)80(127)97-50-19-20-57-48(27-50)28-58(101-57)89(136)121-35-49(34-90)73-56-16-13-12-15-47(56)18-21-59(73)121/h12-13,15-16,18-21,27-33,36-45,49,101H,14,17,22-26,34-35H2,1-11H3,(H,91,131)(H,92,126)(H,93,132)(H,94,122)(H,95,123)(H,96,124)(H,97,127)(H,98,128)(H,99,133)(H,100,134)(H,102,125)(H,108,129)(H,109,130)(H,110,135). The van der Waals surface area contributed by atoms with Crippen LogP contribution in [0.4, 0.5) is 68.9 Å². The zero-order valence-electron chi connectivity index (χ0n) is 75.0. The van der Waals surface area contributed by atoms with Crippen molar-refractivity contribution in [2.45, 2.75) is 38.5 Å². The molecule has 1 aliphatic heterocycles. The van der Waals surface area contributed by atoms with Crippen molar-refractivity contribution in [3.63, 3.8) is 0 Å². The van der Waals surface area contributed by atoms with Gasteiger partial charge in [-0.3, -0.25) is 71.9 Å². The number of aromatic nitrogens is 16. The highest BCUT2D eigenvalue weighted by molar-refractivity contribution is 6.20. The summed E-state index contributed by atoms with van der Waals surface area (Å²) in [7, 11) is 15.7. The zero-order chi connectivity index (χ0) is 96.9. The van der Waals surface area contributed by atoms with Gasteiger partial charge in [0.1, 0.15) is 34.2 Å². The maximum absolute atomic E-state index is 14.1. The van der Waals surface area contributed by atoms with Crippen LogP contribution in [0.2, 0.25) is 0 Å². The Balaban J connectivity index is 0.445. The molecule has 15 N–H and O–H groups in total. The number of nitrogens with one attached hydrogen (secondary N) is 15. The second-order valence-corrected chi connectivity index (χ2v) is 32.6. The maximum Gasteiger partial charge on any atom is 0.292 e. The molecule has 15 rings (SSSR count). The zero-order valence-corrected chi connectivity index (χ0v) is 75.8. The lowest BCUT2D eigenvalue weighted by molar-refractivity contribution is -0.117. The fourth-order valence-corrected chi connectivity index (χ4v) is 15.8. The van der Waals surface area contributed by atoms with Gasteiger partial charge in [-0.15, -0.1) is 11.6 Å². The summed E-state index contributed by atoms with van der Waals surface area (Å²) in [5, 5.41) is 40.4. The fourth-order valence-electron chi connectivity index (χ4n) is 15.5. The molecule has 1 atom stereocenters. The first-order valence-corrected chi connectivity index (χ1v) is 42.7. The number of rotatable bonds is 33. The molecule has 0 saturated carbocycles. The van der Waals surface area contributed by atoms with Gasteiger partial charge in [-0.05, 0) is 83.4 Å². The Labute approximate surface area is 776 Å². The number of alkyl halides is 1. The second-order valence-electron chi connectivity index (χ2n) is 32.3. The number of H-pyrrole nitrogens is 1. The van der Waals surface area contributed by atoms with Crippen LogP contribution in [0.25, 0.3) is 21.7 Å². The Morgan fingerprint density at radius 1 is 0.346 bits per heavy atom. The van der Waals surface area contributed by atoms with Crippen LogP contribution in [-0.2, 0) is 89.7 Å². The molecule has 0 radical (unpaired) electrons. The number of hydrogen-bond acceptors (Lipinski definition) is 20. The van der Waals surface area contributed by atoms with Crippen molar-refractivity contribution >= 4 is 191 Å². The summed E-state index contributed by atoms with van der Waals surface area (Å²) in [5.74, 6) is -7.95. The highest BCUT2D eigenvalue weighted by Gasteiger charge is 2.36. The van der Waals surface area contributed by atoms with Crippen molar-refractivity contribution < 1.29 is 71.9 Å². The Morgan fingerprint density at radius 2 is 0.713 bits per heavy atom. The number of benzene rings is 3. The van der Waals surface area contributed by atoms with E-state index in [9.17, 15) is 71.9 Å². The summed E-state index contributed by atoms with van der Waals surface area (Å²) < 4.78 is 14.4. The van der Waals surface area contributed by atoms with Gasteiger partial charge in [0.05, 0.1) is 28.4 Å². The third kappa shape index (κ3) is 20.8. The van der Waals surface area contributed by atoms with Gasteiger partial charge in [0.15, 0.2) is 29.1 Å². The van der Waals surface area contributed by atoms with E-state index in [1.54, 1.807) is 95.5 Å². The van der Waals surface area contributed by atoms with Crippen molar-refractivity contribution in [2.75, 3.05) is 95.4 Å². The van der Waals surface area contributed by atoms with E-state index < -0.39 is 76.8 Å². The Morgan fingerprint density at radius 3 is 1.18 bits per heavy atom. The SMILES string of the molecule is CC(=O)Nc1cn(C)c(C(=O)Nc2cc(C(=O)NCCC(=O)Nc3cn(C)c(C(=O)Nc4cn(C)c(C(=O)Nc5cc(C(=O)Nc6cn(C)c(C(=O)NCCCC(=O)Nc7cc(C(=O)Nc8cn(C)c(C(=O)NCCC(=O)Nc9cc(C(=O)Nc%10cc(C(=O)Nc%11ccc%12[nH]c(C(=O)N%13CC(CCl)c%14c%13ccc%13ccccc%14%13)cc%12c%11)n(C)c%10)n(C)c9)n8)n(C)c7)n6)n(C)c5)n4)n3)n(C)c2)n1. The van der Waals surface area contributed by atoms with E-state index in [0.717, 1.165) is 22.0 Å². The van der Waals surface area contributed by atoms with Crippen molar-refractivity contribution in [2.24, 2.45) is 70.5 Å². The number of aryl methyl sites for hydroxylation is 10. The van der Waals surface area contributed by atoms with Crippen molar-refractivity contribution in [3.8, 4) is 0 Å². The van der Waals surface area contributed by atoms with Gasteiger partial charge in [0.2, 0.25) is 52.8 Å². The number of hydrogen-bond donors (Lipinski definition) is 15. The van der Waals surface area contributed by atoms with Crippen LogP contribution in [0.5, 0.6) is 0 Å². The number of halogens is 1. The Kier molecular flexibility index (Phi) is 26.7. The van der Waals surface area contributed by atoms with Crippen LogP contribution < -0.4 is 79.3 Å². The first kappa shape index (κ1) is 92.9. The van der Waals surface area contributed by atoms with E-state index in [4.69, 9.17) is 11.6 Å². The predicted octanol–water partition coefficient (Wildman–Crippen LogP) is 7.05. The highest BCUT2D eigenvalue weighted by atomic mass is 35.5. The number of imidazole rings is 5. The minimum Gasteiger partial charge on any atom is -0.351 e. The number of carbonyl (C=O) groups excluding carboxylic acids is 15. The van der Waals surface area contributed by atoms with Crippen LogP contribution >= 0.6 is 11.6 Å². The molecule has 0 saturated heterocycles. The van der Waals surface area contributed by atoms with Crippen molar-refractivity contribution in [1.29, 1.82) is 0 Å². The monoisotopic (exact) mass is 1870 g/mol. The average Bonchev–Trinajstić information content (AvgIpc) is 1.60. The number of amides is 15. The first-order valence-electron chi connectivity index (χ1n) is 42.2. The van der Waals surface area contributed by atoms with Crippen LogP contribution in [0, 0.1) is 0 Å². The lowest BCUT2D eigenvalue weighted by Crippen LogP contribution is -2.30. The van der Waals surface area contributed by atoms with Crippen molar-refractivity contribution in [3.05, 3.63) is 222 Å². The molecule has 0 bridgehead atoms. The molecule has 15 amide bonds. The summed E-state index contributed by atoms with van der Waals surface area (Å²) >= 11 is 6.46. The van der Waals surface area contributed by atoms with E-state index in [2.05, 4.69) is 104 Å². The molecule has 0 spiro atoms.